The van der Waals surface area contributed by atoms with Gasteiger partial charge in [-0.15, -0.1) is 0 Å². The highest BCUT2D eigenvalue weighted by molar-refractivity contribution is 8.26. The van der Waals surface area contributed by atoms with Crippen molar-refractivity contribution >= 4 is 51.9 Å². The van der Waals surface area contributed by atoms with Gasteiger partial charge in [-0.2, -0.15) is 0 Å². The zero-order valence-electron chi connectivity index (χ0n) is 13.7. The van der Waals surface area contributed by atoms with Gasteiger partial charge >= 0.3 is 0 Å². The maximum absolute atomic E-state index is 12.5. The number of hydrogen-bond acceptors (Lipinski definition) is 5. The highest BCUT2D eigenvalue weighted by Crippen LogP contribution is 2.32. The van der Waals surface area contributed by atoms with E-state index in [4.69, 9.17) is 12.2 Å². The third-order valence-electron chi connectivity index (χ3n) is 3.68. The molecule has 26 heavy (non-hydrogen) atoms. The van der Waals surface area contributed by atoms with E-state index in [1.54, 1.807) is 42.5 Å². The third kappa shape index (κ3) is 4.50. The summed E-state index contributed by atoms with van der Waals surface area (Å²) in [4.78, 5) is 26.5. The van der Waals surface area contributed by atoms with Gasteiger partial charge in [-0.3, -0.25) is 14.5 Å². The van der Waals surface area contributed by atoms with Crippen LogP contribution in [0.15, 0.2) is 59.5 Å². The first-order valence-corrected chi connectivity index (χ1v) is 9.15. The highest BCUT2D eigenvalue weighted by atomic mass is 32.2. The summed E-state index contributed by atoms with van der Waals surface area (Å²) < 4.78 is 0.438. The van der Waals surface area contributed by atoms with Gasteiger partial charge in [0.15, 0.2) is 0 Å². The SMILES string of the molecule is O=C(CCN1C(=O)/C(=C/c2ccc(O)cc2)SC1=S)Nc1ccccc1. The smallest absolute Gasteiger partial charge is 0.266 e. The second-order valence-electron chi connectivity index (χ2n) is 5.59. The van der Waals surface area contributed by atoms with Crippen LogP contribution >= 0.6 is 24.0 Å². The number of carbonyl (C=O) groups excluding carboxylic acids is 2. The van der Waals surface area contributed by atoms with Crippen molar-refractivity contribution in [1.82, 2.24) is 4.90 Å². The van der Waals surface area contributed by atoms with Gasteiger partial charge in [0.25, 0.3) is 5.91 Å². The first-order valence-electron chi connectivity index (χ1n) is 7.92. The molecule has 1 saturated heterocycles. The summed E-state index contributed by atoms with van der Waals surface area (Å²) >= 11 is 6.48. The lowest BCUT2D eigenvalue weighted by Crippen LogP contribution is -2.31. The first-order chi connectivity index (χ1) is 12.5. The van der Waals surface area contributed by atoms with Crippen molar-refractivity contribution in [2.24, 2.45) is 0 Å². The number of thioether (sulfide) groups is 1. The summed E-state index contributed by atoms with van der Waals surface area (Å²) in [6.07, 6.45) is 1.89. The molecule has 2 aromatic carbocycles. The number of rotatable bonds is 5. The number of benzene rings is 2. The van der Waals surface area contributed by atoms with Gasteiger partial charge in [0, 0.05) is 18.7 Å². The molecule has 0 aromatic heterocycles. The minimum Gasteiger partial charge on any atom is -0.508 e. The number of nitrogens with one attached hydrogen (secondary N) is 1. The van der Waals surface area contributed by atoms with Gasteiger partial charge in [-0.05, 0) is 35.9 Å². The molecule has 2 aromatic rings. The van der Waals surface area contributed by atoms with Gasteiger partial charge in [-0.1, -0.05) is 54.3 Å². The molecule has 1 aliphatic rings. The second-order valence-corrected chi connectivity index (χ2v) is 7.26. The Kier molecular flexibility index (Phi) is 5.70. The number of para-hydroxylation sites is 1. The minimum atomic E-state index is -0.208. The number of thiocarbonyl (C=S) groups is 1. The quantitative estimate of drug-likeness (QED) is 0.609. The fourth-order valence-electron chi connectivity index (χ4n) is 2.37. The predicted octanol–water partition coefficient (Wildman–Crippen LogP) is 3.62. The fourth-order valence-corrected chi connectivity index (χ4v) is 3.68. The molecule has 3 rings (SSSR count). The molecule has 2 amide bonds. The normalized spacial score (nSPS) is 15.5. The van der Waals surface area contributed by atoms with Crippen LogP contribution in [0.4, 0.5) is 5.69 Å². The van der Waals surface area contributed by atoms with Gasteiger partial charge < -0.3 is 10.4 Å². The molecule has 5 nitrogen and oxygen atoms in total. The van der Waals surface area contributed by atoms with Crippen LogP contribution in [0.1, 0.15) is 12.0 Å². The number of nitrogens with zero attached hydrogens (tertiary/aromatic N) is 1. The van der Waals surface area contributed by atoms with Crippen LogP contribution in [-0.2, 0) is 9.59 Å². The van der Waals surface area contributed by atoms with Crippen molar-refractivity contribution < 1.29 is 14.7 Å². The van der Waals surface area contributed by atoms with Crippen molar-refractivity contribution in [2.45, 2.75) is 6.42 Å². The Balaban J connectivity index is 1.60. The number of phenols is 1. The molecule has 1 heterocycles. The van der Waals surface area contributed by atoms with Crippen molar-refractivity contribution in [1.29, 1.82) is 0 Å². The summed E-state index contributed by atoms with van der Waals surface area (Å²) in [6, 6.07) is 15.7. The van der Waals surface area contributed by atoms with Gasteiger partial charge in [0.2, 0.25) is 5.91 Å². The van der Waals surface area contributed by atoms with E-state index in [0.29, 0.717) is 9.23 Å². The number of aromatic hydroxyl groups is 1. The maximum atomic E-state index is 12.5. The van der Waals surface area contributed by atoms with Crippen molar-refractivity contribution in [3.8, 4) is 5.75 Å². The average molecular weight is 384 g/mol. The van der Waals surface area contributed by atoms with E-state index in [9.17, 15) is 14.7 Å². The molecule has 0 spiro atoms. The summed E-state index contributed by atoms with van der Waals surface area (Å²) in [5.74, 6) is -0.215. The van der Waals surface area contributed by atoms with E-state index in [0.717, 1.165) is 11.3 Å². The predicted molar refractivity (Wildman–Crippen MR) is 108 cm³/mol. The molecule has 0 radical (unpaired) electrons. The summed E-state index contributed by atoms with van der Waals surface area (Å²) in [7, 11) is 0. The van der Waals surface area contributed by atoms with E-state index < -0.39 is 0 Å². The van der Waals surface area contributed by atoms with Gasteiger partial charge in [-0.25, -0.2) is 0 Å². The Morgan fingerprint density at radius 1 is 1.15 bits per heavy atom. The molecule has 1 aliphatic heterocycles. The Bertz CT molecular complexity index is 864. The molecule has 0 aliphatic carbocycles. The number of anilines is 1. The van der Waals surface area contributed by atoms with E-state index in [2.05, 4.69) is 5.32 Å². The Morgan fingerprint density at radius 2 is 1.85 bits per heavy atom. The molecule has 132 valence electrons. The zero-order valence-corrected chi connectivity index (χ0v) is 15.3. The molecular weight excluding hydrogens is 368 g/mol. The molecule has 0 atom stereocenters. The molecule has 7 heteroatoms. The van der Waals surface area contributed by atoms with E-state index in [1.807, 2.05) is 18.2 Å². The summed E-state index contributed by atoms with van der Waals surface area (Å²) in [5, 5.41) is 12.1. The minimum absolute atomic E-state index is 0.161. The van der Waals surface area contributed by atoms with Crippen LogP contribution in [0.2, 0.25) is 0 Å². The Hall–Kier alpha value is -2.64. The Morgan fingerprint density at radius 3 is 2.54 bits per heavy atom. The number of carbonyl (C=O) groups is 2. The van der Waals surface area contributed by atoms with E-state index in [1.165, 1.54) is 16.7 Å². The topological polar surface area (TPSA) is 69.6 Å². The van der Waals surface area contributed by atoms with Crippen LogP contribution in [0.25, 0.3) is 6.08 Å². The van der Waals surface area contributed by atoms with Crippen LogP contribution in [0, 0.1) is 0 Å². The van der Waals surface area contributed by atoms with Crippen LogP contribution in [-0.4, -0.2) is 32.7 Å². The fraction of sp³-hybridized carbons (Fsp3) is 0.105. The largest absolute Gasteiger partial charge is 0.508 e. The zero-order chi connectivity index (χ0) is 18.5. The van der Waals surface area contributed by atoms with Crippen LogP contribution in [0.5, 0.6) is 5.75 Å². The molecule has 2 N–H and O–H groups in total. The average Bonchev–Trinajstić information content (AvgIpc) is 2.89. The first kappa shape index (κ1) is 18.2. The molecule has 1 fully saturated rings. The van der Waals surface area contributed by atoms with Gasteiger partial charge in [0.05, 0.1) is 4.91 Å². The van der Waals surface area contributed by atoms with E-state index >= 15 is 0 Å². The van der Waals surface area contributed by atoms with Gasteiger partial charge in [0.1, 0.15) is 10.1 Å². The molecule has 0 unspecified atom stereocenters. The molecular formula is C19H16N2O3S2. The third-order valence-corrected chi connectivity index (χ3v) is 5.06. The lowest BCUT2D eigenvalue weighted by atomic mass is 10.2. The Labute approximate surface area is 160 Å². The lowest BCUT2D eigenvalue weighted by molar-refractivity contribution is -0.122. The van der Waals surface area contributed by atoms with Crippen molar-refractivity contribution in [3.05, 3.63) is 65.1 Å². The number of phenolic OH excluding ortho intramolecular Hbond substituents is 1. The number of hydrogen-bond donors (Lipinski definition) is 2. The van der Waals surface area contributed by atoms with Crippen molar-refractivity contribution in [3.63, 3.8) is 0 Å². The molecule has 0 bridgehead atoms. The molecule has 0 saturated carbocycles. The van der Waals surface area contributed by atoms with E-state index in [-0.39, 0.29) is 30.5 Å². The van der Waals surface area contributed by atoms with Crippen LogP contribution < -0.4 is 5.32 Å². The highest BCUT2D eigenvalue weighted by Gasteiger charge is 2.32. The second kappa shape index (κ2) is 8.16. The van der Waals surface area contributed by atoms with Crippen LogP contribution in [0.3, 0.4) is 0 Å². The monoisotopic (exact) mass is 384 g/mol. The summed E-state index contributed by atoms with van der Waals surface area (Å²) in [5.41, 5.74) is 1.51. The lowest BCUT2D eigenvalue weighted by Gasteiger charge is -2.14. The maximum Gasteiger partial charge on any atom is 0.266 e. The number of amides is 2. The standard InChI is InChI=1S/C19H16N2O3S2/c22-15-8-6-13(7-9-15)12-16-18(24)21(19(25)26-16)11-10-17(23)20-14-4-2-1-3-5-14/h1-9,12,22H,10-11H2,(H,20,23)/b16-12-. The van der Waals surface area contributed by atoms with Crippen molar-refractivity contribution in [2.75, 3.05) is 11.9 Å². The summed E-state index contributed by atoms with van der Waals surface area (Å²) in [6.45, 7) is 0.232.